The predicted molar refractivity (Wildman–Crippen MR) is 155 cm³/mol. The first-order valence-electron chi connectivity index (χ1n) is 13.0. The molecule has 40 heavy (non-hydrogen) atoms. The summed E-state index contributed by atoms with van der Waals surface area (Å²) in [5.41, 5.74) is 14.0. The molecule has 0 heterocycles. The number of rotatable bonds is 10. The first kappa shape index (κ1) is 35.0. The smallest absolute Gasteiger partial charge is 0.326 e. The van der Waals surface area contributed by atoms with Crippen LogP contribution in [0.3, 0.4) is 0 Å². The van der Waals surface area contributed by atoms with Crippen LogP contribution in [0.5, 0.6) is 5.75 Å². The number of likely N-dealkylation sites (N-methyl/N-ethyl adjacent to an activating group) is 1. The van der Waals surface area contributed by atoms with E-state index in [4.69, 9.17) is 11.5 Å². The van der Waals surface area contributed by atoms with Crippen LogP contribution in [0.4, 0.5) is 4.39 Å². The molecular formula is C29H44FN3O6S. The third kappa shape index (κ3) is 11.6. The molecule has 3 atom stereocenters. The van der Waals surface area contributed by atoms with Crippen molar-refractivity contribution in [3.63, 3.8) is 0 Å². The summed E-state index contributed by atoms with van der Waals surface area (Å²) in [5.74, 6) is -1.86. The van der Waals surface area contributed by atoms with Crippen LogP contribution in [0.2, 0.25) is 0 Å². The molecule has 1 amide bonds. The highest BCUT2D eigenvalue weighted by Crippen LogP contribution is 2.31. The Kier molecular flexibility index (Phi) is 12.7. The van der Waals surface area contributed by atoms with Crippen molar-refractivity contribution < 1.29 is 32.6 Å². The van der Waals surface area contributed by atoms with E-state index in [-0.39, 0.29) is 35.1 Å². The van der Waals surface area contributed by atoms with Crippen LogP contribution < -0.4 is 11.5 Å². The Labute approximate surface area is 237 Å². The molecule has 0 aromatic heterocycles. The van der Waals surface area contributed by atoms with Gasteiger partial charge < -0.3 is 26.6 Å². The maximum absolute atomic E-state index is 12.8. The number of hydrogen-bond donors (Lipinski definition) is 4. The maximum atomic E-state index is 12.8. The van der Waals surface area contributed by atoms with Gasteiger partial charge in [0.25, 0.3) is 0 Å². The monoisotopic (exact) mass is 581 g/mol. The Morgan fingerprint density at radius 3 is 1.98 bits per heavy atom. The van der Waals surface area contributed by atoms with Crippen molar-refractivity contribution in [1.82, 2.24) is 4.90 Å². The number of aliphatic carboxylic acids is 1. The third-order valence-electron chi connectivity index (χ3n) is 6.22. The van der Waals surface area contributed by atoms with E-state index < -0.39 is 39.8 Å². The summed E-state index contributed by atoms with van der Waals surface area (Å²) in [5, 5.41) is 19.1. The number of amides is 1. The topological polar surface area (TPSA) is 164 Å². The van der Waals surface area contributed by atoms with Crippen LogP contribution in [0.1, 0.15) is 51.3 Å². The molecule has 2 rings (SSSR count). The lowest BCUT2D eigenvalue weighted by atomic mass is 9.85. The Morgan fingerprint density at radius 2 is 1.52 bits per heavy atom. The molecule has 6 N–H and O–H groups in total. The molecule has 0 bridgehead atoms. The summed E-state index contributed by atoms with van der Waals surface area (Å²) in [6.07, 6.45) is 1.90. The van der Waals surface area contributed by atoms with Gasteiger partial charge in [0.05, 0.1) is 11.8 Å². The van der Waals surface area contributed by atoms with E-state index in [0.29, 0.717) is 6.42 Å². The number of nitrogens with zero attached hydrogens (tertiary/aromatic N) is 1. The maximum Gasteiger partial charge on any atom is 0.326 e. The zero-order valence-corrected chi connectivity index (χ0v) is 25.2. The van der Waals surface area contributed by atoms with Crippen LogP contribution in [-0.4, -0.2) is 72.6 Å². The number of carboxylic acids is 1. The number of phenols is 1. The van der Waals surface area contributed by atoms with E-state index in [1.807, 2.05) is 26.8 Å². The minimum Gasteiger partial charge on any atom is -0.508 e. The minimum atomic E-state index is -3.06. The fraction of sp³-hybridized carbons (Fsp3) is 0.517. The van der Waals surface area contributed by atoms with Gasteiger partial charge in [0, 0.05) is 19.3 Å². The van der Waals surface area contributed by atoms with Crippen LogP contribution in [0.25, 0.3) is 0 Å². The number of carbonyl (C=O) groups is 2. The van der Waals surface area contributed by atoms with Gasteiger partial charge in [0.1, 0.15) is 27.4 Å². The van der Waals surface area contributed by atoms with E-state index >= 15 is 0 Å². The van der Waals surface area contributed by atoms with Crippen LogP contribution in [-0.2, 0) is 37.7 Å². The summed E-state index contributed by atoms with van der Waals surface area (Å²) < 4.78 is 35.2. The van der Waals surface area contributed by atoms with Crippen molar-refractivity contribution >= 4 is 21.7 Å². The van der Waals surface area contributed by atoms with Gasteiger partial charge in [-0.3, -0.25) is 4.79 Å². The van der Waals surface area contributed by atoms with E-state index in [0.717, 1.165) is 16.7 Å². The molecule has 0 aliphatic carbocycles. The molecule has 0 aliphatic heterocycles. The number of sulfone groups is 1. The minimum absolute atomic E-state index is 0.0290. The number of carboxylic acid groups (broad SMARTS) is 1. The second kappa shape index (κ2) is 14.6. The number of hydrogen-bond acceptors (Lipinski definition) is 7. The molecule has 0 saturated carbocycles. The highest BCUT2D eigenvalue weighted by molar-refractivity contribution is 7.90. The van der Waals surface area contributed by atoms with Crippen molar-refractivity contribution in [1.29, 1.82) is 0 Å². The van der Waals surface area contributed by atoms with Crippen molar-refractivity contribution in [2.45, 2.75) is 71.0 Å². The molecule has 0 spiro atoms. The SMILES string of the molecule is CC(C)(C)c1cc(CC(N)CS(C)(=O)=O)ccc1O.CC(C)C(C(=O)O)N(C)C(=O)C(N)Cc1ccc(F)cc1. The summed E-state index contributed by atoms with van der Waals surface area (Å²) in [6.45, 7) is 9.51. The van der Waals surface area contributed by atoms with E-state index in [2.05, 4.69) is 0 Å². The fourth-order valence-corrected chi connectivity index (χ4v) is 5.22. The Bertz CT molecular complexity index is 1240. The summed E-state index contributed by atoms with van der Waals surface area (Å²) >= 11 is 0. The van der Waals surface area contributed by atoms with Gasteiger partial charge in [-0.25, -0.2) is 17.6 Å². The van der Waals surface area contributed by atoms with Crippen molar-refractivity contribution in [3.8, 4) is 5.75 Å². The first-order valence-corrected chi connectivity index (χ1v) is 15.0. The van der Waals surface area contributed by atoms with Crippen LogP contribution >= 0.6 is 0 Å². The molecule has 9 nitrogen and oxygen atoms in total. The van der Waals surface area contributed by atoms with Gasteiger partial charge >= 0.3 is 5.97 Å². The molecule has 0 saturated heterocycles. The predicted octanol–water partition coefficient (Wildman–Crippen LogP) is 2.87. The lowest BCUT2D eigenvalue weighted by Gasteiger charge is -2.29. The summed E-state index contributed by atoms with van der Waals surface area (Å²) in [4.78, 5) is 24.6. The average molecular weight is 582 g/mol. The molecule has 0 fully saturated rings. The van der Waals surface area contributed by atoms with Gasteiger partial charge in [-0.2, -0.15) is 0 Å². The van der Waals surface area contributed by atoms with E-state index in [9.17, 15) is 32.6 Å². The second-order valence-corrected chi connectivity index (χ2v) is 13.8. The highest BCUT2D eigenvalue weighted by Gasteiger charge is 2.31. The van der Waals surface area contributed by atoms with Gasteiger partial charge in [-0.15, -0.1) is 0 Å². The summed E-state index contributed by atoms with van der Waals surface area (Å²) in [6, 6.07) is 8.83. The third-order valence-corrected chi connectivity index (χ3v) is 7.25. The lowest BCUT2D eigenvalue weighted by Crippen LogP contribution is -2.52. The summed E-state index contributed by atoms with van der Waals surface area (Å²) in [7, 11) is -1.63. The molecule has 2 aromatic carbocycles. The standard InChI is InChI=1S/C15H21FN2O3.C14H23NO3S/c1-9(2)13(15(20)21)18(3)14(19)12(17)8-10-4-6-11(16)7-5-10;1-14(2,3)12-8-10(5-6-13(12)16)7-11(15)9-19(4,17)18/h4-7,9,12-13H,8,17H2,1-3H3,(H,20,21);5-6,8,11,16H,7,9,15H2,1-4H3. The molecule has 0 aliphatic rings. The van der Waals surface area contributed by atoms with Crippen molar-refractivity contribution in [2.24, 2.45) is 17.4 Å². The van der Waals surface area contributed by atoms with Crippen LogP contribution in [0.15, 0.2) is 42.5 Å². The number of nitrogens with two attached hydrogens (primary N) is 2. The zero-order valence-electron chi connectivity index (χ0n) is 24.4. The quantitative estimate of drug-likeness (QED) is 0.333. The lowest BCUT2D eigenvalue weighted by molar-refractivity contribution is -0.151. The first-order chi connectivity index (χ1) is 18.2. The van der Waals surface area contributed by atoms with Gasteiger partial charge in [0.15, 0.2) is 0 Å². The molecule has 224 valence electrons. The molecular weight excluding hydrogens is 537 g/mol. The van der Waals surface area contributed by atoms with Crippen LogP contribution in [0, 0.1) is 11.7 Å². The van der Waals surface area contributed by atoms with Crippen molar-refractivity contribution in [2.75, 3.05) is 19.1 Å². The van der Waals surface area contributed by atoms with Gasteiger partial charge in [0.2, 0.25) is 5.91 Å². The highest BCUT2D eigenvalue weighted by atomic mass is 32.2. The van der Waals surface area contributed by atoms with Gasteiger partial charge in [-0.1, -0.05) is 58.9 Å². The normalized spacial score (nSPS) is 14.1. The molecule has 0 radical (unpaired) electrons. The molecule has 3 unspecified atom stereocenters. The number of aromatic hydroxyl groups is 1. The average Bonchev–Trinajstić information content (AvgIpc) is 2.79. The number of phenolic OH excluding ortho intramolecular Hbond substituents is 1. The van der Waals surface area contributed by atoms with E-state index in [1.54, 1.807) is 38.1 Å². The molecule has 11 heteroatoms. The number of halogens is 1. The second-order valence-electron chi connectivity index (χ2n) is 11.6. The van der Waals surface area contributed by atoms with Gasteiger partial charge in [-0.05, 0) is 59.1 Å². The Hall–Kier alpha value is -3.02. The van der Waals surface area contributed by atoms with E-state index in [1.165, 1.54) is 30.3 Å². The van der Waals surface area contributed by atoms with Crippen molar-refractivity contribution in [3.05, 3.63) is 65.0 Å². The number of benzene rings is 2. The molecule has 2 aromatic rings. The zero-order chi connectivity index (χ0) is 31.0. The largest absolute Gasteiger partial charge is 0.508 e. The number of carbonyl (C=O) groups excluding carboxylic acids is 1. The Balaban J connectivity index is 0.000000402. The Morgan fingerprint density at radius 1 is 1.00 bits per heavy atom. The fourth-order valence-electron chi connectivity index (χ4n) is 4.32.